The topological polar surface area (TPSA) is 37.4 Å². The zero-order valence-electron chi connectivity index (χ0n) is 9.33. The Kier molecular flexibility index (Phi) is 2.45. The summed E-state index contributed by atoms with van der Waals surface area (Å²) in [6.07, 6.45) is 0. The van der Waals surface area contributed by atoms with E-state index in [9.17, 15) is 9.59 Å². The van der Waals surface area contributed by atoms with Crippen molar-refractivity contribution in [3.8, 4) is 0 Å². The molecule has 0 bridgehead atoms. The van der Waals surface area contributed by atoms with Crippen LogP contribution in [-0.2, 0) is 0 Å². The van der Waals surface area contributed by atoms with E-state index in [-0.39, 0.29) is 11.8 Å². The summed E-state index contributed by atoms with van der Waals surface area (Å²) in [7, 11) is 0. The Morgan fingerprint density at radius 3 is 1.78 bits per heavy atom. The predicted molar refractivity (Wildman–Crippen MR) is 71.3 cm³/mol. The van der Waals surface area contributed by atoms with Crippen molar-refractivity contribution < 1.29 is 9.59 Å². The molecule has 0 unspecified atom stereocenters. The molecule has 1 heterocycles. The highest BCUT2D eigenvalue weighted by atomic mass is 32.1. The number of anilines is 1. The number of hydrogen-bond acceptors (Lipinski definition) is 3. The van der Waals surface area contributed by atoms with E-state index in [0.717, 1.165) is 4.90 Å². The summed E-state index contributed by atoms with van der Waals surface area (Å²) >= 11 is 4.18. The molecule has 0 saturated carbocycles. The van der Waals surface area contributed by atoms with Gasteiger partial charge in [-0.25, -0.2) is 4.90 Å². The molecule has 3 rings (SSSR count). The van der Waals surface area contributed by atoms with Gasteiger partial charge in [0.1, 0.15) is 0 Å². The average molecular weight is 255 g/mol. The molecular weight excluding hydrogens is 246 g/mol. The standard InChI is InChI=1S/C14H9NO2S/c16-13-11-3-1-2-4-12(11)14(17)15(13)9-5-7-10(18)8-6-9/h1-8,18H. The second kappa shape index (κ2) is 3.99. The number of thiol groups is 1. The maximum absolute atomic E-state index is 12.2. The highest BCUT2D eigenvalue weighted by Crippen LogP contribution is 2.28. The SMILES string of the molecule is O=C1c2ccccc2C(=O)N1c1ccc(S)cc1. The van der Waals surface area contributed by atoms with Crippen molar-refractivity contribution in [1.82, 2.24) is 0 Å². The van der Waals surface area contributed by atoms with Crippen LogP contribution in [0.4, 0.5) is 5.69 Å². The Labute approximate surface area is 109 Å². The predicted octanol–water partition coefficient (Wildman–Crippen LogP) is 2.78. The van der Waals surface area contributed by atoms with E-state index in [1.807, 2.05) is 0 Å². The van der Waals surface area contributed by atoms with Crippen LogP contribution < -0.4 is 4.90 Å². The van der Waals surface area contributed by atoms with Crippen LogP contribution >= 0.6 is 12.6 Å². The van der Waals surface area contributed by atoms with E-state index in [2.05, 4.69) is 12.6 Å². The lowest BCUT2D eigenvalue weighted by Crippen LogP contribution is -2.29. The minimum atomic E-state index is -0.275. The fourth-order valence-corrected chi connectivity index (χ4v) is 2.17. The second-order valence-electron chi connectivity index (χ2n) is 4.01. The molecule has 0 aromatic heterocycles. The molecular formula is C14H9NO2S. The molecule has 2 aromatic carbocycles. The third kappa shape index (κ3) is 1.54. The van der Waals surface area contributed by atoms with Gasteiger partial charge in [-0.3, -0.25) is 9.59 Å². The number of fused-ring (bicyclic) bond motifs is 1. The van der Waals surface area contributed by atoms with Crippen LogP contribution in [0.3, 0.4) is 0 Å². The summed E-state index contributed by atoms with van der Waals surface area (Å²) in [4.78, 5) is 26.3. The molecule has 2 amide bonds. The molecule has 0 spiro atoms. The molecule has 1 aliphatic heterocycles. The first-order valence-corrected chi connectivity index (χ1v) is 5.90. The minimum absolute atomic E-state index is 0.275. The van der Waals surface area contributed by atoms with Gasteiger partial charge < -0.3 is 0 Å². The molecule has 0 aliphatic carbocycles. The van der Waals surface area contributed by atoms with Gasteiger partial charge in [0.2, 0.25) is 0 Å². The zero-order valence-corrected chi connectivity index (χ0v) is 10.2. The van der Waals surface area contributed by atoms with Crippen molar-refractivity contribution in [3.63, 3.8) is 0 Å². The van der Waals surface area contributed by atoms with Gasteiger partial charge in [0.05, 0.1) is 16.8 Å². The van der Waals surface area contributed by atoms with Crippen LogP contribution in [0, 0.1) is 0 Å². The number of benzene rings is 2. The smallest absolute Gasteiger partial charge is 0.266 e. The highest BCUT2D eigenvalue weighted by molar-refractivity contribution is 7.80. The summed E-state index contributed by atoms with van der Waals surface area (Å²) in [6, 6.07) is 13.8. The van der Waals surface area contributed by atoms with Gasteiger partial charge in [-0.1, -0.05) is 12.1 Å². The van der Waals surface area contributed by atoms with Gasteiger partial charge in [0.25, 0.3) is 11.8 Å². The summed E-state index contributed by atoms with van der Waals surface area (Å²) in [5.74, 6) is -0.551. The van der Waals surface area contributed by atoms with E-state index in [4.69, 9.17) is 0 Å². The molecule has 4 heteroatoms. The molecule has 0 atom stereocenters. The van der Waals surface area contributed by atoms with E-state index in [0.29, 0.717) is 16.8 Å². The Morgan fingerprint density at radius 1 is 0.778 bits per heavy atom. The molecule has 18 heavy (non-hydrogen) atoms. The molecule has 0 N–H and O–H groups in total. The normalized spacial score (nSPS) is 13.9. The molecule has 2 aromatic rings. The number of amides is 2. The fraction of sp³-hybridized carbons (Fsp3) is 0. The number of carbonyl (C=O) groups is 2. The number of imide groups is 1. The second-order valence-corrected chi connectivity index (χ2v) is 4.52. The average Bonchev–Trinajstić information content (AvgIpc) is 2.64. The molecule has 0 fully saturated rings. The van der Waals surface area contributed by atoms with Crippen molar-refractivity contribution in [2.75, 3.05) is 4.90 Å². The Hall–Kier alpha value is -2.07. The highest BCUT2D eigenvalue weighted by Gasteiger charge is 2.35. The Balaban J connectivity index is 2.09. The maximum atomic E-state index is 12.2. The van der Waals surface area contributed by atoms with E-state index >= 15 is 0 Å². The molecule has 0 radical (unpaired) electrons. The zero-order chi connectivity index (χ0) is 12.7. The lowest BCUT2D eigenvalue weighted by atomic mass is 10.1. The van der Waals surface area contributed by atoms with Gasteiger partial charge in [0, 0.05) is 4.90 Å². The lowest BCUT2D eigenvalue weighted by Gasteiger charge is -2.13. The van der Waals surface area contributed by atoms with Crippen molar-refractivity contribution in [3.05, 3.63) is 59.7 Å². The largest absolute Gasteiger partial charge is 0.268 e. The number of rotatable bonds is 1. The first-order chi connectivity index (χ1) is 8.68. The quantitative estimate of drug-likeness (QED) is 0.628. The first-order valence-electron chi connectivity index (χ1n) is 5.45. The van der Waals surface area contributed by atoms with Gasteiger partial charge >= 0.3 is 0 Å². The Morgan fingerprint density at radius 2 is 1.28 bits per heavy atom. The van der Waals surface area contributed by atoms with E-state index in [1.54, 1.807) is 48.5 Å². The molecule has 0 saturated heterocycles. The van der Waals surface area contributed by atoms with Crippen molar-refractivity contribution in [2.45, 2.75) is 4.90 Å². The fourth-order valence-electron chi connectivity index (χ4n) is 2.03. The van der Waals surface area contributed by atoms with Crippen molar-refractivity contribution in [1.29, 1.82) is 0 Å². The van der Waals surface area contributed by atoms with Crippen LogP contribution in [0.25, 0.3) is 0 Å². The third-order valence-corrected chi connectivity index (χ3v) is 3.20. The van der Waals surface area contributed by atoms with Gasteiger partial charge in [-0.15, -0.1) is 12.6 Å². The number of hydrogen-bond donors (Lipinski definition) is 1. The summed E-state index contributed by atoms with van der Waals surface area (Å²) in [5, 5.41) is 0. The lowest BCUT2D eigenvalue weighted by molar-refractivity contribution is 0.0926. The molecule has 1 aliphatic rings. The van der Waals surface area contributed by atoms with Crippen LogP contribution in [0.2, 0.25) is 0 Å². The van der Waals surface area contributed by atoms with E-state index in [1.165, 1.54) is 4.90 Å². The minimum Gasteiger partial charge on any atom is -0.268 e. The van der Waals surface area contributed by atoms with Gasteiger partial charge in [-0.2, -0.15) is 0 Å². The van der Waals surface area contributed by atoms with Gasteiger partial charge in [-0.05, 0) is 36.4 Å². The summed E-state index contributed by atoms with van der Waals surface area (Å²) in [6.45, 7) is 0. The van der Waals surface area contributed by atoms with Crippen LogP contribution in [0.15, 0.2) is 53.4 Å². The van der Waals surface area contributed by atoms with Crippen LogP contribution in [-0.4, -0.2) is 11.8 Å². The molecule has 88 valence electrons. The van der Waals surface area contributed by atoms with Crippen molar-refractivity contribution in [2.24, 2.45) is 0 Å². The number of nitrogens with zero attached hydrogens (tertiary/aromatic N) is 1. The third-order valence-electron chi connectivity index (χ3n) is 2.90. The van der Waals surface area contributed by atoms with Crippen LogP contribution in [0.5, 0.6) is 0 Å². The monoisotopic (exact) mass is 255 g/mol. The summed E-state index contributed by atoms with van der Waals surface area (Å²) < 4.78 is 0. The molecule has 3 nitrogen and oxygen atoms in total. The Bertz CT molecular complexity index is 614. The van der Waals surface area contributed by atoms with Crippen molar-refractivity contribution >= 4 is 30.1 Å². The first kappa shape index (κ1) is 11.0. The number of carbonyl (C=O) groups excluding carboxylic acids is 2. The van der Waals surface area contributed by atoms with Gasteiger partial charge in [0.15, 0.2) is 0 Å². The summed E-state index contributed by atoms with van der Waals surface area (Å²) in [5.41, 5.74) is 1.48. The maximum Gasteiger partial charge on any atom is 0.266 e. The van der Waals surface area contributed by atoms with E-state index < -0.39 is 0 Å². The van der Waals surface area contributed by atoms with Crippen LogP contribution in [0.1, 0.15) is 20.7 Å².